The monoisotopic (exact) mass is 234 g/mol. The first-order valence-electron chi connectivity index (χ1n) is 6.15. The summed E-state index contributed by atoms with van der Waals surface area (Å²) in [6.07, 6.45) is 7.21. The number of rotatable bonds is 3. The molecule has 1 aliphatic rings. The Morgan fingerprint density at radius 3 is 2.88 bits per heavy atom. The van der Waals surface area contributed by atoms with Gasteiger partial charge in [0, 0.05) is 11.4 Å². The van der Waals surface area contributed by atoms with Crippen LogP contribution in [0.15, 0.2) is 0 Å². The van der Waals surface area contributed by atoms with Crippen molar-refractivity contribution in [3.63, 3.8) is 0 Å². The van der Waals surface area contributed by atoms with Gasteiger partial charge in [0.15, 0.2) is 0 Å². The van der Waals surface area contributed by atoms with Gasteiger partial charge in [-0.3, -0.25) is 0 Å². The molecule has 0 fully saturated rings. The predicted octanol–water partition coefficient (Wildman–Crippen LogP) is 3.71. The van der Waals surface area contributed by atoms with Crippen LogP contribution in [0.2, 0.25) is 0 Å². The molecule has 0 aromatic carbocycles. The topological polar surface area (TPSA) is 35.8 Å². The molecule has 0 saturated carbocycles. The molecule has 1 aromatic heterocycles. The van der Waals surface area contributed by atoms with Gasteiger partial charge in [0.05, 0.1) is 5.56 Å². The summed E-state index contributed by atoms with van der Waals surface area (Å²) in [4.78, 5) is 1.45. The van der Waals surface area contributed by atoms with Crippen LogP contribution in [-0.4, -0.2) is 6.54 Å². The molecule has 1 aliphatic carbocycles. The number of nitrogens with one attached hydrogen (secondary N) is 1. The second-order valence-electron chi connectivity index (χ2n) is 4.31. The molecule has 2 rings (SSSR count). The Kier molecular flexibility index (Phi) is 3.84. The minimum Gasteiger partial charge on any atom is -0.376 e. The summed E-state index contributed by atoms with van der Waals surface area (Å²) in [5, 5.41) is 13.8. The molecule has 1 heterocycles. The molecule has 2 nitrogen and oxygen atoms in total. The van der Waals surface area contributed by atoms with Crippen LogP contribution in [0, 0.1) is 11.3 Å². The molecular weight excluding hydrogens is 216 g/mol. The van der Waals surface area contributed by atoms with Crippen LogP contribution in [0.4, 0.5) is 5.00 Å². The molecule has 86 valence electrons. The van der Waals surface area contributed by atoms with E-state index in [4.69, 9.17) is 0 Å². The Morgan fingerprint density at radius 2 is 2.12 bits per heavy atom. The average Bonchev–Trinajstić information content (AvgIpc) is 2.47. The lowest BCUT2D eigenvalue weighted by molar-refractivity contribution is 0.712. The summed E-state index contributed by atoms with van der Waals surface area (Å²) in [5.74, 6) is 0. The van der Waals surface area contributed by atoms with Crippen molar-refractivity contribution < 1.29 is 0 Å². The molecule has 0 spiro atoms. The summed E-state index contributed by atoms with van der Waals surface area (Å²) in [6, 6.07) is 2.39. The van der Waals surface area contributed by atoms with Crippen LogP contribution in [0.3, 0.4) is 0 Å². The molecule has 0 aliphatic heterocycles. The van der Waals surface area contributed by atoms with Gasteiger partial charge in [0.25, 0.3) is 0 Å². The molecule has 1 N–H and O–H groups in total. The first-order valence-corrected chi connectivity index (χ1v) is 6.97. The van der Waals surface area contributed by atoms with Crippen molar-refractivity contribution in [2.75, 3.05) is 11.9 Å². The molecular formula is C13H18N2S. The number of anilines is 1. The summed E-state index contributed by atoms with van der Waals surface area (Å²) < 4.78 is 0. The molecule has 16 heavy (non-hydrogen) atoms. The zero-order valence-electron chi connectivity index (χ0n) is 9.81. The van der Waals surface area contributed by atoms with E-state index in [0.717, 1.165) is 30.0 Å². The zero-order chi connectivity index (χ0) is 11.4. The van der Waals surface area contributed by atoms with Crippen LogP contribution in [0.5, 0.6) is 0 Å². The number of fused-ring (bicyclic) bond motifs is 1. The number of hydrogen-bond acceptors (Lipinski definition) is 3. The number of thiophene rings is 1. The van der Waals surface area contributed by atoms with Crippen molar-refractivity contribution in [3.8, 4) is 6.07 Å². The minimum atomic E-state index is 0.926. The zero-order valence-corrected chi connectivity index (χ0v) is 10.6. The Morgan fingerprint density at radius 1 is 1.31 bits per heavy atom. The van der Waals surface area contributed by atoms with E-state index in [0.29, 0.717) is 0 Å². The van der Waals surface area contributed by atoms with E-state index in [1.54, 1.807) is 11.3 Å². The third-order valence-corrected chi connectivity index (χ3v) is 4.32. The van der Waals surface area contributed by atoms with E-state index in [1.807, 2.05) is 0 Å². The molecule has 3 heteroatoms. The molecule has 0 bridgehead atoms. The molecule has 1 aromatic rings. The molecule has 0 atom stereocenters. The van der Waals surface area contributed by atoms with Crippen molar-refractivity contribution >= 4 is 16.3 Å². The van der Waals surface area contributed by atoms with Gasteiger partial charge in [0.1, 0.15) is 11.1 Å². The van der Waals surface area contributed by atoms with Crippen LogP contribution < -0.4 is 5.32 Å². The van der Waals surface area contributed by atoms with E-state index < -0.39 is 0 Å². The quantitative estimate of drug-likeness (QED) is 0.809. The molecule has 0 radical (unpaired) electrons. The first-order chi connectivity index (χ1) is 7.86. The van der Waals surface area contributed by atoms with E-state index in [2.05, 4.69) is 18.3 Å². The van der Waals surface area contributed by atoms with E-state index in [1.165, 1.54) is 36.1 Å². The predicted molar refractivity (Wildman–Crippen MR) is 69.1 cm³/mol. The largest absolute Gasteiger partial charge is 0.376 e. The van der Waals surface area contributed by atoms with Crippen molar-refractivity contribution in [3.05, 3.63) is 16.0 Å². The van der Waals surface area contributed by atoms with E-state index in [9.17, 15) is 5.26 Å². The summed E-state index contributed by atoms with van der Waals surface area (Å²) >= 11 is 1.81. The maximum Gasteiger partial charge on any atom is 0.107 e. The second-order valence-corrected chi connectivity index (χ2v) is 5.41. The highest BCUT2D eigenvalue weighted by Crippen LogP contribution is 2.36. The Labute approximate surface area is 101 Å². The molecule has 0 amide bonds. The summed E-state index contributed by atoms with van der Waals surface area (Å²) in [7, 11) is 0. The lowest BCUT2D eigenvalue weighted by atomic mass is 10.1. The minimum absolute atomic E-state index is 0.926. The second kappa shape index (κ2) is 5.36. The third-order valence-electron chi connectivity index (χ3n) is 3.07. The third kappa shape index (κ3) is 2.22. The van der Waals surface area contributed by atoms with Gasteiger partial charge in [-0.1, -0.05) is 13.3 Å². The van der Waals surface area contributed by atoms with Gasteiger partial charge in [-0.05, 0) is 37.7 Å². The molecule has 0 unspecified atom stereocenters. The normalized spacial score (nSPS) is 15.0. The van der Waals surface area contributed by atoms with Crippen molar-refractivity contribution in [2.45, 2.75) is 45.4 Å². The standard InChI is InChI=1S/C13H18N2S/c1-2-8-15-13-11(9-14)10-6-4-3-5-7-12(10)16-13/h15H,2-8H2,1H3. The van der Waals surface area contributed by atoms with E-state index >= 15 is 0 Å². The maximum atomic E-state index is 9.27. The van der Waals surface area contributed by atoms with Gasteiger partial charge in [0.2, 0.25) is 0 Å². The Balaban J connectivity index is 2.30. The summed E-state index contributed by atoms with van der Waals surface area (Å²) in [5.41, 5.74) is 2.26. The van der Waals surface area contributed by atoms with Crippen molar-refractivity contribution in [1.82, 2.24) is 0 Å². The SMILES string of the molecule is CCCNc1sc2c(c1C#N)CCCCC2. The van der Waals surface area contributed by atoms with Gasteiger partial charge in [-0.25, -0.2) is 0 Å². The Bertz CT molecular complexity index is 401. The first kappa shape index (κ1) is 11.5. The molecule has 0 saturated heterocycles. The van der Waals surface area contributed by atoms with Crippen molar-refractivity contribution in [1.29, 1.82) is 5.26 Å². The fraction of sp³-hybridized carbons (Fsp3) is 0.615. The number of nitriles is 1. The van der Waals surface area contributed by atoms with Gasteiger partial charge in [-0.2, -0.15) is 5.26 Å². The number of aryl methyl sites for hydroxylation is 1. The number of nitrogens with zero attached hydrogens (tertiary/aromatic N) is 1. The van der Waals surface area contributed by atoms with Crippen molar-refractivity contribution in [2.24, 2.45) is 0 Å². The maximum absolute atomic E-state index is 9.27. The highest BCUT2D eigenvalue weighted by Gasteiger charge is 2.19. The summed E-state index contributed by atoms with van der Waals surface area (Å²) in [6.45, 7) is 3.12. The number of hydrogen-bond donors (Lipinski definition) is 1. The lowest BCUT2D eigenvalue weighted by Crippen LogP contribution is -1.99. The highest BCUT2D eigenvalue weighted by molar-refractivity contribution is 7.16. The Hall–Kier alpha value is -1.01. The van der Waals surface area contributed by atoms with Crippen LogP contribution in [-0.2, 0) is 12.8 Å². The van der Waals surface area contributed by atoms with Gasteiger partial charge >= 0.3 is 0 Å². The fourth-order valence-corrected chi connectivity index (χ4v) is 3.49. The van der Waals surface area contributed by atoms with Crippen LogP contribution in [0.25, 0.3) is 0 Å². The highest BCUT2D eigenvalue weighted by atomic mass is 32.1. The smallest absolute Gasteiger partial charge is 0.107 e. The lowest BCUT2D eigenvalue weighted by Gasteiger charge is -2.02. The van der Waals surface area contributed by atoms with Gasteiger partial charge < -0.3 is 5.32 Å². The fourth-order valence-electron chi connectivity index (χ4n) is 2.22. The van der Waals surface area contributed by atoms with Crippen LogP contribution >= 0.6 is 11.3 Å². The van der Waals surface area contributed by atoms with Gasteiger partial charge in [-0.15, -0.1) is 11.3 Å². The average molecular weight is 234 g/mol. The van der Waals surface area contributed by atoms with Crippen LogP contribution in [0.1, 0.15) is 48.6 Å². The van der Waals surface area contributed by atoms with E-state index in [-0.39, 0.29) is 0 Å².